The van der Waals surface area contributed by atoms with Crippen LogP contribution in [0.2, 0.25) is 0 Å². The van der Waals surface area contributed by atoms with Crippen LogP contribution >= 0.6 is 0 Å². The molecule has 2 fully saturated rings. The summed E-state index contributed by atoms with van der Waals surface area (Å²) in [5.41, 5.74) is 2.14. The predicted molar refractivity (Wildman–Crippen MR) is 92.4 cm³/mol. The van der Waals surface area contributed by atoms with Gasteiger partial charge in [-0.15, -0.1) is 0 Å². The second-order valence-corrected chi connectivity index (χ2v) is 6.83. The molecule has 0 bridgehead atoms. The topological polar surface area (TPSA) is 20.3 Å². The van der Waals surface area contributed by atoms with Gasteiger partial charge in [-0.1, -0.05) is 73.5 Å². The molecule has 1 aliphatic carbocycles. The number of carbonyl (C=O) groups is 1. The molecule has 0 unspecified atom stereocenters. The minimum atomic E-state index is 0.0976. The zero-order chi connectivity index (χ0) is 15.6. The van der Waals surface area contributed by atoms with Crippen molar-refractivity contribution in [3.8, 4) is 0 Å². The maximum Gasteiger partial charge on any atom is 0.169 e. The Hall–Kier alpha value is -1.93. The SMILES string of the molecule is O=C(c1ccccc1)[C@@H]1CN(C2CCCC2)[C@H]1c1ccccc1. The number of hydrogen-bond acceptors (Lipinski definition) is 2. The summed E-state index contributed by atoms with van der Waals surface area (Å²) in [4.78, 5) is 15.5. The molecule has 23 heavy (non-hydrogen) atoms. The van der Waals surface area contributed by atoms with E-state index in [0.717, 1.165) is 12.1 Å². The Bertz CT molecular complexity index is 661. The molecule has 2 nitrogen and oxygen atoms in total. The summed E-state index contributed by atoms with van der Waals surface area (Å²) in [5, 5.41) is 0. The molecule has 118 valence electrons. The molecular weight excluding hydrogens is 282 g/mol. The van der Waals surface area contributed by atoms with Gasteiger partial charge in [0.2, 0.25) is 0 Å². The highest BCUT2D eigenvalue weighted by Crippen LogP contribution is 2.45. The van der Waals surface area contributed by atoms with Gasteiger partial charge in [-0.05, 0) is 18.4 Å². The van der Waals surface area contributed by atoms with Crippen LogP contribution in [0, 0.1) is 5.92 Å². The molecule has 4 rings (SSSR count). The molecule has 1 saturated heterocycles. The van der Waals surface area contributed by atoms with E-state index in [4.69, 9.17) is 0 Å². The second-order valence-electron chi connectivity index (χ2n) is 6.83. The van der Waals surface area contributed by atoms with Gasteiger partial charge in [0.25, 0.3) is 0 Å². The van der Waals surface area contributed by atoms with Crippen LogP contribution < -0.4 is 0 Å². The minimum Gasteiger partial charge on any atom is -0.294 e. The molecule has 0 amide bonds. The van der Waals surface area contributed by atoms with Gasteiger partial charge < -0.3 is 0 Å². The Kier molecular flexibility index (Phi) is 4.00. The third-order valence-electron chi connectivity index (χ3n) is 5.48. The van der Waals surface area contributed by atoms with Crippen molar-refractivity contribution in [1.29, 1.82) is 0 Å². The van der Waals surface area contributed by atoms with E-state index in [0.29, 0.717) is 11.8 Å². The molecule has 1 heterocycles. The molecule has 0 N–H and O–H groups in total. The number of benzene rings is 2. The molecule has 1 aliphatic heterocycles. The molecule has 2 heteroatoms. The van der Waals surface area contributed by atoms with E-state index in [1.54, 1.807) is 0 Å². The van der Waals surface area contributed by atoms with Crippen LogP contribution in [0.5, 0.6) is 0 Å². The van der Waals surface area contributed by atoms with Gasteiger partial charge in [-0.3, -0.25) is 9.69 Å². The van der Waals surface area contributed by atoms with Gasteiger partial charge >= 0.3 is 0 Å². The standard InChI is InChI=1S/C21H23NO/c23-21(17-11-5-2-6-12-17)19-15-22(18-13-7-8-14-18)20(19)16-9-3-1-4-10-16/h1-6,9-12,18-20H,7-8,13-15H2/t19-,20+/m1/s1. The number of nitrogens with zero attached hydrogens (tertiary/aromatic N) is 1. The Balaban J connectivity index is 1.61. The van der Waals surface area contributed by atoms with Crippen LogP contribution in [-0.4, -0.2) is 23.3 Å². The summed E-state index contributed by atoms with van der Waals surface area (Å²) >= 11 is 0. The van der Waals surface area contributed by atoms with E-state index >= 15 is 0 Å². The highest BCUT2D eigenvalue weighted by Gasteiger charge is 2.47. The van der Waals surface area contributed by atoms with E-state index in [-0.39, 0.29) is 12.0 Å². The van der Waals surface area contributed by atoms with Crippen molar-refractivity contribution in [2.45, 2.75) is 37.8 Å². The van der Waals surface area contributed by atoms with Crippen LogP contribution in [0.15, 0.2) is 60.7 Å². The number of carbonyl (C=O) groups excluding carboxylic acids is 1. The summed E-state index contributed by atoms with van der Waals surface area (Å²) in [6, 6.07) is 21.3. The Morgan fingerprint density at radius 3 is 2.13 bits per heavy atom. The van der Waals surface area contributed by atoms with Gasteiger partial charge in [0.05, 0.1) is 5.92 Å². The number of rotatable bonds is 4. The van der Waals surface area contributed by atoms with Crippen molar-refractivity contribution < 1.29 is 4.79 Å². The number of likely N-dealkylation sites (tertiary alicyclic amines) is 1. The molecule has 2 atom stereocenters. The van der Waals surface area contributed by atoms with Gasteiger partial charge in [0.15, 0.2) is 5.78 Å². The lowest BCUT2D eigenvalue weighted by molar-refractivity contribution is -0.0126. The van der Waals surface area contributed by atoms with E-state index in [2.05, 4.69) is 35.2 Å². The number of hydrogen-bond donors (Lipinski definition) is 0. The molecule has 2 aromatic rings. The molecular formula is C21H23NO. The third kappa shape index (κ3) is 2.72. The zero-order valence-electron chi connectivity index (χ0n) is 13.4. The van der Waals surface area contributed by atoms with Gasteiger partial charge in [0, 0.05) is 24.2 Å². The fourth-order valence-corrected chi connectivity index (χ4v) is 4.26. The van der Waals surface area contributed by atoms with Crippen molar-refractivity contribution in [3.05, 3.63) is 71.8 Å². The molecule has 2 aliphatic rings. The van der Waals surface area contributed by atoms with Crippen LogP contribution in [0.25, 0.3) is 0 Å². The van der Waals surface area contributed by atoms with Crippen molar-refractivity contribution >= 4 is 5.78 Å². The maximum atomic E-state index is 12.9. The third-order valence-corrected chi connectivity index (χ3v) is 5.48. The largest absolute Gasteiger partial charge is 0.294 e. The van der Waals surface area contributed by atoms with E-state index < -0.39 is 0 Å². The normalized spacial score (nSPS) is 25.2. The van der Waals surface area contributed by atoms with Crippen LogP contribution in [0.4, 0.5) is 0 Å². The summed E-state index contributed by atoms with van der Waals surface area (Å²) in [6.45, 7) is 0.915. The summed E-state index contributed by atoms with van der Waals surface area (Å²) in [6.07, 6.45) is 5.24. The van der Waals surface area contributed by atoms with E-state index in [1.807, 2.05) is 30.3 Å². The van der Waals surface area contributed by atoms with Crippen molar-refractivity contribution in [2.75, 3.05) is 6.54 Å². The number of ketones is 1. The first kappa shape index (κ1) is 14.6. The molecule has 0 radical (unpaired) electrons. The summed E-state index contributed by atoms with van der Waals surface area (Å²) < 4.78 is 0. The Labute approximate surface area is 138 Å². The van der Waals surface area contributed by atoms with Gasteiger partial charge in [-0.2, -0.15) is 0 Å². The van der Waals surface area contributed by atoms with E-state index in [9.17, 15) is 4.79 Å². The Morgan fingerprint density at radius 1 is 0.870 bits per heavy atom. The fourth-order valence-electron chi connectivity index (χ4n) is 4.26. The average Bonchev–Trinajstić information content (AvgIpc) is 3.10. The lowest BCUT2D eigenvalue weighted by atomic mass is 9.77. The minimum absolute atomic E-state index is 0.0976. The first-order valence-corrected chi connectivity index (χ1v) is 8.74. The number of Topliss-reactive ketones (excluding diaryl/α,β-unsaturated/α-hetero) is 1. The quantitative estimate of drug-likeness (QED) is 0.776. The smallest absolute Gasteiger partial charge is 0.169 e. The lowest BCUT2D eigenvalue weighted by Gasteiger charge is -2.51. The van der Waals surface area contributed by atoms with Crippen LogP contribution in [0.1, 0.15) is 47.6 Å². The molecule has 0 aromatic heterocycles. The fraction of sp³-hybridized carbons (Fsp3) is 0.381. The van der Waals surface area contributed by atoms with Crippen molar-refractivity contribution in [3.63, 3.8) is 0 Å². The molecule has 2 aromatic carbocycles. The van der Waals surface area contributed by atoms with Crippen molar-refractivity contribution in [2.24, 2.45) is 5.92 Å². The van der Waals surface area contributed by atoms with Gasteiger partial charge in [0.1, 0.15) is 0 Å². The first-order valence-electron chi connectivity index (χ1n) is 8.74. The highest BCUT2D eigenvalue weighted by molar-refractivity contribution is 5.99. The second kappa shape index (κ2) is 6.29. The lowest BCUT2D eigenvalue weighted by Crippen LogP contribution is -2.56. The Morgan fingerprint density at radius 2 is 1.48 bits per heavy atom. The van der Waals surface area contributed by atoms with Crippen LogP contribution in [0.3, 0.4) is 0 Å². The van der Waals surface area contributed by atoms with Crippen LogP contribution in [-0.2, 0) is 0 Å². The highest BCUT2D eigenvalue weighted by atomic mass is 16.1. The van der Waals surface area contributed by atoms with Gasteiger partial charge in [-0.25, -0.2) is 0 Å². The summed E-state index contributed by atoms with van der Waals surface area (Å²) in [5.74, 6) is 0.397. The van der Waals surface area contributed by atoms with Crippen molar-refractivity contribution in [1.82, 2.24) is 4.90 Å². The maximum absolute atomic E-state index is 12.9. The molecule has 1 saturated carbocycles. The zero-order valence-corrected chi connectivity index (χ0v) is 13.4. The first-order chi connectivity index (χ1) is 11.3. The predicted octanol–water partition coefficient (Wildman–Crippen LogP) is 4.49. The molecule has 0 spiro atoms. The van der Waals surface area contributed by atoms with E-state index in [1.165, 1.54) is 31.2 Å². The average molecular weight is 305 g/mol. The summed E-state index contributed by atoms with van der Waals surface area (Å²) in [7, 11) is 0. The monoisotopic (exact) mass is 305 g/mol.